The molecule has 40 heavy (non-hydrogen) atoms. The molecule has 1 amide bonds. The predicted molar refractivity (Wildman–Crippen MR) is 145 cm³/mol. The van der Waals surface area contributed by atoms with Gasteiger partial charge in [0.05, 0.1) is 34.9 Å². The second-order valence-corrected chi connectivity index (χ2v) is 10.1. The van der Waals surface area contributed by atoms with Gasteiger partial charge in [0, 0.05) is 62.1 Å². The van der Waals surface area contributed by atoms with Crippen LogP contribution in [-0.2, 0) is 13.2 Å². The van der Waals surface area contributed by atoms with E-state index in [1.165, 1.54) is 17.8 Å². The lowest BCUT2D eigenvalue weighted by Crippen LogP contribution is -2.44. The van der Waals surface area contributed by atoms with E-state index in [2.05, 4.69) is 30.6 Å². The lowest BCUT2D eigenvalue weighted by atomic mass is 10.0. The highest BCUT2D eigenvalue weighted by Gasteiger charge is 2.35. The molecule has 4 aromatic rings. The number of anilines is 2. The summed E-state index contributed by atoms with van der Waals surface area (Å²) in [4.78, 5) is 21.6. The molecule has 1 saturated heterocycles. The molecule has 1 N–H and O–H groups in total. The van der Waals surface area contributed by atoms with Crippen molar-refractivity contribution in [3.05, 3.63) is 64.9 Å². The zero-order valence-corrected chi connectivity index (χ0v) is 22.9. The Morgan fingerprint density at radius 1 is 0.975 bits per heavy atom. The zero-order valence-electron chi connectivity index (χ0n) is 22.9. The largest absolute Gasteiger partial charge is 0.416 e. The molecule has 1 aromatic carbocycles. The summed E-state index contributed by atoms with van der Waals surface area (Å²) in [6, 6.07) is 4.18. The first-order chi connectivity index (χ1) is 18.9. The fraction of sp³-hybridized carbons (Fsp3) is 0.370. The summed E-state index contributed by atoms with van der Waals surface area (Å²) in [6.07, 6.45) is 0.235. The second kappa shape index (κ2) is 10.4. The lowest BCUT2D eigenvalue weighted by Gasteiger charge is -2.35. The molecule has 5 rings (SSSR count). The van der Waals surface area contributed by atoms with Crippen LogP contribution in [0, 0.1) is 20.8 Å². The van der Waals surface area contributed by atoms with Crippen molar-refractivity contribution in [2.75, 3.05) is 43.4 Å². The Morgan fingerprint density at radius 3 is 2.35 bits per heavy atom. The molecule has 0 atom stereocenters. The molecular weight excluding hydrogens is 523 g/mol. The minimum Gasteiger partial charge on any atom is -0.369 e. The molecule has 10 nitrogen and oxygen atoms in total. The lowest BCUT2D eigenvalue weighted by molar-refractivity contribution is -0.138. The van der Waals surface area contributed by atoms with Crippen LogP contribution in [-0.4, -0.2) is 73.8 Å². The van der Waals surface area contributed by atoms with Gasteiger partial charge in [-0.05, 0) is 51.6 Å². The predicted octanol–water partition coefficient (Wildman–Crippen LogP) is 4.01. The number of carbonyl (C=O) groups is 1. The molecule has 0 radical (unpaired) electrons. The standard InChI is InChI=1S/C27H30F3N9O/c1-16-22(27(28,29)30)11-20(12-24(16)38-8-6-36(4)7-9-38)33-26(40)19-10-25(17(2)31-13-19)39-15-23(34-35-39)21-14-32-37(5)18(21)3/h10-15H,6-9H2,1-5H3,(H,33,40). The van der Waals surface area contributed by atoms with E-state index in [1.807, 2.05) is 25.9 Å². The van der Waals surface area contributed by atoms with Gasteiger partial charge in [0.15, 0.2) is 0 Å². The quantitative estimate of drug-likeness (QED) is 0.399. The van der Waals surface area contributed by atoms with Gasteiger partial charge < -0.3 is 15.1 Å². The number of nitrogens with zero attached hydrogens (tertiary/aromatic N) is 8. The Hall–Kier alpha value is -4.26. The maximum Gasteiger partial charge on any atom is 0.416 e. The number of hydrogen-bond donors (Lipinski definition) is 1. The van der Waals surface area contributed by atoms with Gasteiger partial charge >= 0.3 is 6.18 Å². The van der Waals surface area contributed by atoms with E-state index in [-0.39, 0.29) is 16.8 Å². The van der Waals surface area contributed by atoms with Crippen molar-refractivity contribution in [2.24, 2.45) is 7.05 Å². The monoisotopic (exact) mass is 553 g/mol. The molecule has 0 unspecified atom stereocenters. The maximum absolute atomic E-state index is 14.0. The van der Waals surface area contributed by atoms with Crippen LogP contribution in [0.1, 0.15) is 32.9 Å². The highest BCUT2D eigenvalue weighted by Crippen LogP contribution is 2.39. The van der Waals surface area contributed by atoms with Crippen molar-refractivity contribution in [3.8, 4) is 16.9 Å². The van der Waals surface area contributed by atoms with Crippen LogP contribution in [0.15, 0.2) is 36.8 Å². The second-order valence-electron chi connectivity index (χ2n) is 10.1. The van der Waals surface area contributed by atoms with Gasteiger partial charge in [0.2, 0.25) is 0 Å². The highest BCUT2D eigenvalue weighted by atomic mass is 19.4. The van der Waals surface area contributed by atoms with Crippen molar-refractivity contribution in [1.82, 2.24) is 34.7 Å². The summed E-state index contributed by atoms with van der Waals surface area (Å²) >= 11 is 0. The highest BCUT2D eigenvalue weighted by molar-refractivity contribution is 6.04. The van der Waals surface area contributed by atoms with Crippen LogP contribution in [0.3, 0.4) is 0 Å². The number of alkyl halides is 3. The Morgan fingerprint density at radius 2 is 1.70 bits per heavy atom. The fourth-order valence-corrected chi connectivity index (χ4v) is 4.78. The number of piperazine rings is 1. The summed E-state index contributed by atoms with van der Waals surface area (Å²) < 4.78 is 45.1. The molecule has 1 aliphatic rings. The summed E-state index contributed by atoms with van der Waals surface area (Å²) in [5.41, 5.74) is 3.53. The van der Waals surface area contributed by atoms with Crippen LogP contribution in [0.2, 0.25) is 0 Å². The van der Waals surface area contributed by atoms with E-state index < -0.39 is 17.6 Å². The van der Waals surface area contributed by atoms with Crippen molar-refractivity contribution in [2.45, 2.75) is 26.9 Å². The topological polar surface area (TPSA) is 97.0 Å². The summed E-state index contributed by atoms with van der Waals surface area (Å²) in [7, 11) is 3.81. The summed E-state index contributed by atoms with van der Waals surface area (Å²) in [5, 5.41) is 15.3. The van der Waals surface area contributed by atoms with Gasteiger partial charge in [-0.1, -0.05) is 5.21 Å². The zero-order chi connectivity index (χ0) is 28.8. The van der Waals surface area contributed by atoms with E-state index in [4.69, 9.17) is 0 Å². The summed E-state index contributed by atoms with van der Waals surface area (Å²) in [5.74, 6) is -0.585. The Kier molecular flexibility index (Phi) is 7.08. The van der Waals surface area contributed by atoms with Gasteiger partial charge in [0.1, 0.15) is 5.69 Å². The minimum absolute atomic E-state index is 0.0640. The third kappa shape index (κ3) is 5.28. The van der Waals surface area contributed by atoms with Gasteiger partial charge in [-0.2, -0.15) is 18.3 Å². The number of likely N-dealkylation sites (N-methyl/N-ethyl adjacent to an activating group) is 1. The van der Waals surface area contributed by atoms with Crippen LogP contribution in [0.4, 0.5) is 24.5 Å². The smallest absolute Gasteiger partial charge is 0.369 e. The van der Waals surface area contributed by atoms with E-state index in [1.54, 1.807) is 36.1 Å². The molecule has 13 heteroatoms. The maximum atomic E-state index is 14.0. The van der Waals surface area contributed by atoms with E-state index in [0.29, 0.717) is 35.9 Å². The Labute approximate surface area is 229 Å². The summed E-state index contributed by atoms with van der Waals surface area (Å²) in [6.45, 7) is 7.82. The van der Waals surface area contributed by atoms with Crippen LogP contribution >= 0.6 is 0 Å². The Bertz CT molecular complexity index is 1570. The first-order valence-electron chi connectivity index (χ1n) is 12.8. The molecule has 1 aliphatic heterocycles. The number of amides is 1. The van der Waals surface area contributed by atoms with Gasteiger partial charge in [0.25, 0.3) is 5.91 Å². The number of aryl methyl sites for hydroxylation is 2. The van der Waals surface area contributed by atoms with Gasteiger partial charge in [-0.15, -0.1) is 5.10 Å². The molecule has 4 heterocycles. The third-order valence-electron chi connectivity index (χ3n) is 7.36. The average Bonchev–Trinajstić information content (AvgIpc) is 3.51. The third-order valence-corrected chi connectivity index (χ3v) is 7.36. The van der Waals surface area contributed by atoms with E-state index in [0.717, 1.165) is 30.4 Å². The molecule has 0 spiro atoms. The van der Waals surface area contributed by atoms with Crippen LogP contribution < -0.4 is 10.2 Å². The number of nitrogens with one attached hydrogen (secondary N) is 1. The number of rotatable bonds is 5. The SMILES string of the molecule is Cc1ncc(C(=O)Nc2cc(N3CCN(C)CC3)c(C)c(C(F)(F)F)c2)cc1-n1cc(-c2cnn(C)c2C)nn1. The number of halogens is 3. The Balaban J connectivity index is 1.44. The molecule has 0 saturated carbocycles. The number of hydrogen-bond acceptors (Lipinski definition) is 7. The molecule has 1 fully saturated rings. The van der Waals surface area contributed by atoms with Gasteiger partial charge in [-0.3, -0.25) is 14.5 Å². The van der Waals surface area contributed by atoms with Gasteiger partial charge in [-0.25, -0.2) is 4.68 Å². The number of pyridine rings is 1. The minimum atomic E-state index is -4.57. The van der Waals surface area contributed by atoms with E-state index in [9.17, 15) is 18.0 Å². The number of aromatic nitrogens is 6. The van der Waals surface area contributed by atoms with Crippen molar-refractivity contribution in [1.29, 1.82) is 0 Å². The number of carbonyl (C=O) groups excluding carboxylic acids is 1. The molecule has 3 aromatic heterocycles. The van der Waals surface area contributed by atoms with Crippen molar-refractivity contribution >= 4 is 17.3 Å². The van der Waals surface area contributed by atoms with Crippen LogP contribution in [0.25, 0.3) is 16.9 Å². The first kappa shape index (κ1) is 27.3. The fourth-order valence-electron chi connectivity index (χ4n) is 4.78. The van der Waals surface area contributed by atoms with Crippen LogP contribution in [0.5, 0.6) is 0 Å². The molecule has 0 aliphatic carbocycles. The normalized spacial score (nSPS) is 14.6. The molecule has 210 valence electrons. The first-order valence-corrected chi connectivity index (χ1v) is 12.8. The van der Waals surface area contributed by atoms with Crippen molar-refractivity contribution in [3.63, 3.8) is 0 Å². The van der Waals surface area contributed by atoms with E-state index >= 15 is 0 Å². The average molecular weight is 554 g/mol. The van der Waals surface area contributed by atoms with Crippen molar-refractivity contribution < 1.29 is 18.0 Å². The molecule has 0 bridgehead atoms. The number of benzene rings is 1. The molecular formula is C27H30F3N9O.